The van der Waals surface area contributed by atoms with Crippen LogP contribution < -0.4 is 4.74 Å². The van der Waals surface area contributed by atoms with Crippen molar-refractivity contribution in [3.05, 3.63) is 39.2 Å². The van der Waals surface area contributed by atoms with E-state index in [-0.39, 0.29) is 5.97 Å². The number of ether oxygens (including phenoxy) is 1. The summed E-state index contributed by atoms with van der Waals surface area (Å²) in [5.74, 6) is 0.265. The summed E-state index contributed by atoms with van der Waals surface area (Å²) in [6.45, 7) is 0.419. The molecule has 0 aromatic heterocycles. The molecule has 0 aliphatic rings. The summed E-state index contributed by atoms with van der Waals surface area (Å²) in [5.41, 5.74) is 8.05. The molecule has 0 bridgehead atoms. The highest BCUT2D eigenvalue weighted by Crippen LogP contribution is 2.16. The lowest BCUT2D eigenvalue weighted by molar-refractivity contribution is -0.134. The number of esters is 1. The molecule has 0 aliphatic carbocycles. The first-order valence-corrected chi connectivity index (χ1v) is 5.99. The van der Waals surface area contributed by atoms with Gasteiger partial charge in [0.05, 0.1) is 0 Å². The standard InChI is InChI=1S/C11H12BrN3O2/c12-9-4-6-10(7-5-9)17-11(16)3-1-2-8-14-15-13/h4-7H,1-3,8H2. The molecule has 0 unspecified atom stereocenters. The maximum absolute atomic E-state index is 11.4. The van der Waals surface area contributed by atoms with Crippen molar-refractivity contribution in [3.63, 3.8) is 0 Å². The van der Waals surface area contributed by atoms with Gasteiger partial charge in [-0.2, -0.15) is 0 Å². The van der Waals surface area contributed by atoms with Crippen molar-refractivity contribution in [1.29, 1.82) is 0 Å². The Bertz CT molecular complexity index is 413. The molecule has 5 nitrogen and oxygen atoms in total. The number of nitrogens with zero attached hydrogens (tertiary/aromatic N) is 3. The van der Waals surface area contributed by atoms with Crippen LogP contribution in [0, 0.1) is 0 Å². The normalized spacial score (nSPS) is 9.47. The molecule has 0 fully saturated rings. The first-order chi connectivity index (χ1) is 8.22. The summed E-state index contributed by atoms with van der Waals surface area (Å²) >= 11 is 3.30. The van der Waals surface area contributed by atoms with Crippen LogP contribution in [0.15, 0.2) is 33.9 Å². The molecule has 17 heavy (non-hydrogen) atoms. The van der Waals surface area contributed by atoms with Gasteiger partial charge in [-0.05, 0) is 42.6 Å². The second kappa shape index (κ2) is 7.70. The van der Waals surface area contributed by atoms with Gasteiger partial charge in [-0.15, -0.1) is 0 Å². The molecule has 0 heterocycles. The van der Waals surface area contributed by atoms with E-state index in [1.165, 1.54) is 0 Å². The maximum Gasteiger partial charge on any atom is 0.311 e. The quantitative estimate of drug-likeness (QED) is 0.200. The minimum atomic E-state index is -0.270. The van der Waals surface area contributed by atoms with Gasteiger partial charge in [-0.25, -0.2) is 0 Å². The molecule has 0 N–H and O–H groups in total. The van der Waals surface area contributed by atoms with Crippen molar-refractivity contribution < 1.29 is 9.53 Å². The van der Waals surface area contributed by atoms with Gasteiger partial charge < -0.3 is 4.74 Å². The summed E-state index contributed by atoms with van der Waals surface area (Å²) in [4.78, 5) is 14.0. The number of hydrogen-bond donors (Lipinski definition) is 0. The Morgan fingerprint density at radius 1 is 1.35 bits per heavy atom. The van der Waals surface area contributed by atoms with Gasteiger partial charge in [0.25, 0.3) is 0 Å². The maximum atomic E-state index is 11.4. The van der Waals surface area contributed by atoms with Gasteiger partial charge >= 0.3 is 5.97 Å². The number of rotatable bonds is 6. The molecular formula is C11H12BrN3O2. The summed E-state index contributed by atoms with van der Waals surface area (Å²) in [7, 11) is 0. The Morgan fingerprint density at radius 2 is 2.06 bits per heavy atom. The smallest absolute Gasteiger partial charge is 0.311 e. The van der Waals surface area contributed by atoms with Crippen LogP contribution in [-0.4, -0.2) is 12.5 Å². The van der Waals surface area contributed by atoms with Crippen molar-refractivity contribution in [2.24, 2.45) is 5.11 Å². The number of halogens is 1. The highest BCUT2D eigenvalue weighted by Gasteiger charge is 2.03. The summed E-state index contributed by atoms with van der Waals surface area (Å²) in [5, 5.41) is 3.39. The zero-order valence-electron chi connectivity index (χ0n) is 9.17. The number of unbranched alkanes of at least 4 members (excludes halogenated alkanes) is 1. The zero-order chi connectivity index (χ0) is 12.5. The van der Waals surface area contributed by atoms with E-state index < -0.39 is 0 Å². The highest BCUT2D eigenvalue weighted by atomic mass is 79.9. The molecule has 0 saturated carbocycles. The number of hydrogen-bond acceptors (Lipinski definition) is 3. The van der Waals surface area contributed by atoms with E-state index in [2.05, 4.69) is 26.0 Å². The Kier molecular flexibility index (Phi) is 6.14. The zero-order valence-corrected chi connectivity index (χ0v) is 10.8. The van der Waals surface area contributed by atoms with Crippen molar-refractivity contribution in [3.8, 4) is 5.75 Å². The number of carbonyl (C=O) groups is 1. The fraction of sp³-hybridized carbons (Fsp3) is 0.364. The van der Waals surface area contributed by atoms with Crippen LogP contribution in [0.4, 0.5) is 0 Å². The van der Waals surface area contributed by atoms with E-state index >= 15 is 0 Å². The Labute approximate surface area is 108 Å². The molecule has 0 amide bonds. The first-order valence-electron chi connectivity index (χ1n) is 5.19. The fourth-order valence-electron chi connectivity index (χ4n) is 1.18. The van der Waals surface area contributed by atoms with Gasteiger partial charge in [0, 0.05) is 22.4 Å². The average Bonchev–Trinajstić information content (AvgIpc) is 2.32. The SMILES string of the molecule is [N-]=[N+]=NCCCCC(=O)Oc1ccc(Br)cc1. The Balaban J connectivity index is 2.25. The summed E-state index contributed by atoms with van der Waals surface area (Å²) in [6, 6.07) is 7.07. The van der Waals surface area contributed by atoms with Gasteiger partial charge in [0.2, 0.25) is 0 Å². The highest BCUT2D eigenvalue weighted by molar-refractivity contribution is 9.10. The van der Waals surface area contributed by atoms with Crippen LogP contribution in [0.3, 0.4) is 0 Å². The second-order valence-electron chi connectivity index (χ2n) is 3.34. The fourth-order valence-corrected chi connectivity index (χ4v) is 1.45. The molecule has 1 aromatic carbocycles. The summed E-state index contributed by atoms with van der Waals surface area (Å²) in [6.07, 6.45) is 1.69. The minimum absolute atomic E-state index is 0.270. The molecule has 0 spiro atoms. The van der Waals surface area contributed by atoms with Gasteiger partial charge in [-0.3, -0.25) is 4.79 Å². The number of azide groups is 1. The predicted octanol–water partition coefficient (Wildman–Crippen LogP) is 3.84. The van der Waals surface area contributed by atoms with E-state index in [9.17, 15) is 4.79 Å². The minimum Gasteiger partial charge on any atom is -0.427 e. The van der Waals surface area contributed by atoms with E-state index in [0.717, 1.165) is 4.47 Å². The topological polar surface area (TPSA) is 75.1 Å². The summed E-state index contributed by atoms with van der Waals surface area (Å²) < 4.78 is 6.05. The molecule has 0 aliphatic heterocycles. The van der Waals surface area contributed by atoms with Crippen LogP contribution in [0.2, 0.25) is 0 Å². The molecular weight excluding hydrogens is 286 g/mol. The van der Waals surface area contributed by atoms with Crippen LogP contribution in [0.1, 0.15) is 19.3 Å². The molecule has 1 aromatic rings. The third-order valence-electron chi connectivity index (χ3n) is 2.00. The lowest BCUT2D eigenvalue weighted by atomic mass is 10.2. The van der Waals surface area contributed by atoms with Crippen LogP contribution in [0.25, 0.3) is 10.4 Å². The van der Waals surface area contributed by atoms with Crippen molar-refractivity contribution in [2.45, 2.75) is 19.3 Å². The molecule has 1 rings (SSSR count). The van der Waals surface area contributed by atoms with E-state index in [1.54, 1.807) is 12.1 Å². The third kappa shape index (κ3) is 5.94. The van der Waals surface area contributed by atoms with Gasteiger partial charge in [0.15, 0.2) is 0 Å². The van der Waals surface area contributed by atoms with Crippen molar-refractivity contribution >= 4 is 21.9 Å². The van der Waals surface area contributed by atoms with E-state index in [0.29, 0.717) is 31.6 Å². The number of carbonyl (C=O) groups excluding carboxylic acids is 1. The molecule has 6 heteroatoms. The monoisotopic (exact) mass is 297 g/mol. The lowest BCUT2D eigenvalue weighted by Crippen LogP contribution is -2.07. The second-order valence-corrected chi connectivity index (χ2v) is 4.26. The van der Waals surface area contributed by atoms with Crippen LogP contribution in [0.5, 0.6) is 5.75 Å². The molecule has 0 radical (unpaired) electrons. The first kappa shape index (κ1) is 13.5. The molecule has 0 saturated heterocycles. The predicted molar refractivity (Wildman–Crippen MR) is 67.6 cm³/mol. The molecule has 0 atom stereocenters. The molecule has 90 valence electrons. The van der Waals surface area contributed by atoms with Crippen LogP contribution >= 0.6 is 15.9 Å². The number of benzene rings is 1. The largest absolute Gasteiger partial charge is 0.427 e. The lowest BCUT2D eigenvalue weighted by Gasteiger charge is -2.03. The van der Waals surface area contributed by atoms with Gasteiger partial charge in [-0.1, -0.05) is 21.0 Å². The van der Waals surface area contributed by atoms with Gasteiger partial charge in [0.1, 0.15) is 5.75 Å². The Morgan fingerprint density at radius 3 is 2.71 bits per heavy atom. The van der Waals surface area contributed by atoms with Crippen molar-refractivity contribution in [2.75, 3.05) is 6.54 Å². The van der Waals surface area contributed by atoms with E-state index in [1.807, 2.05) is 12.1 Å². The third-order valence-corrected chi connectivity index (χ3v) is 2.53. The Hall–Kier alpha value is -1.52. The average molecular weight is 298 g/mol. The van der Waals surface area contributed by atoms with E-state index in [4.69, 9.17) is 10.3 Å². The van der Waals surface area contributed by atoms with Crippen molar-refractivity contribution in [1.82, 2.24) is 0 Å². The van der Waals surface area contributed by atoms with Crippen LogP contribution in [-0.2, 0) is 4.79 Å².